The van der Waals surface area contributed by atoms with Crippen molar-refractivity contribution in [1.82, 2.24) is 4.98 Å². The van der Waals surface area contributed by atoms with E-state index in [4.69, 9.17) is 5.73 Å². The van der Waals surface area contributed by atoms with Crippen molar-refractivity contribution in [3.63, 3.8) is 0 Å². The molecule has 0 aliphatic carbocycles. The van der Waals surface area contributed by atoms with E-state index in [-0.39, 0.29) is 5.41 Å². The summed E-state index contributed by atoms with van der Waals surface area (Å²) < 4.78 is 0. The number of pyridine rings is 1. The van der Waals surface area contributed by atoms with E-state index in [2.05, 4.69) is 44.0 Å². The van der Waals surface area contributed by atoms with Gasteiger partial charge in [0.2, 0.25) is 0 Å². The first-order chi connectivity index (χ1) is 8.02. The maximum atomic E-state index is 5.82. The second-order valence-corrected chi connectivity index (χ2v) is 5.57. The number of hydrogen-bond donors (Lipinski definition) is 1. The number of fused-ring (bicyclic) bond motifs is 1. The SMILES string of the molecule is Cc1cc(CC(C)(C)CN)c2ccncc2c1. The van der Waals surface area contributed by atoms with Gasteiger partial charge in [0.25, 0.3) is 0 Å². The third-order valence-corrected chi connectivity index (χ3v) is 3.20. The van der Waals surface area contributed by atoms with E-state index in [0.717, 1.165) is 6.42 Å². The summed E-state index contributed by atoms with van der Waals surface area (Å²) in [6.07, 6.45) is 4.80. The number of aryl methyl sites for hydroxylation is 1. The summed E-state index contributed by atoms with van der Waals surface area (Å²) in [5.74, 6) is 0. The van der Waals surface area contributed by atoms with Crippen LogP contribution in [0.4, 0.5) is 0 Å². The summed E-state index contributed by atoms with van der Waals surface area (Å²) in [6, 6.07) is 6.54. The van der Waals surface area contributed by atoms with E-state index in [9.17, 15) is 0 Å². The Morgan fingerprint density at radius 3 is 2.76 bits per heavy atom. The van der Waals surface area contributed by atoms with Gasteiger partial charge >= 0.3 is 0 Å². The fraction of sp³-hybridized carbons (Fsp3) is 0.400. The molecule has 2 nitrogen and oxygen atoms in total. The monoisotopic (exact) mass is 228 g/mol. The number of aromatic nitrogens is 1. The summed E-state index contributed by atoms with van der Waals surface area (Å²) in [6.45, 7) is 7.25. The van der Waals surface area contributed by atoms with Crippen LogP contribution in [-0.2, 0) is 6.42 Å². The van der Waals surface area contributed by atoms with E-state index < -0.39 is 0 Å². The molecule has 0 radical (unpaired) electrons. The van der Waals surface area contributed by atoms with Crippen LogP contribution in [0.5, 0.6) is 0 Å². The normalized spacial score (nSPS) is 12.0. The zero-order valence-electron chi connectivity index (χ0n) is 10.8. The Morgan fingerprint density at radius 1 is 1.29 bits per heavy atom. The second kappa shape index (κ2) is 4.46. The Balaban J connectivity index is 2.53. The van der Waals surface area contributed by atoms with E-state index in [1.165, 1.54) is 21.9 Å². The van der Waals surface area contributed by atoms with Crippen molar-refractivity contribution < 1.29 is 0 Å². The topological polar surface area (TPSA) is 38.9 Å². The molecule has 2 heteroatoms. The van der Waals surface area contributed by atoms with E-state index in [1.807, 2.05) is 12.4 Å². The maximum absolute atomic E-state index is 5.82. The second-order valence-electron chi connectivity index (χ2n) is 5.57. The summed E-state index contributed by atoms with van der Waals surface area (Å²) in [5, 5.41) is 2.52. The quantitative estimate of drug-likeness (QED) is 0.876. The summed E-state index contributed by atoms with van der Waals surface area (Å²) >= 11 is 0. The molecule has 0 amide bonds. The molecule has 0 aliphatic heterocycles. The van der Waals surface area contributed by atoms with Crippen molar-refractivity contribution in [2.75, 3.05) is 6.54 Å². The van der Waals surface area contributed by atoms with E-state index in [1.54, 1.807) is 0 Å². The van der Waals surface area contributed by atoms with Crippen LogP contribution in [0, 0.1) is 12.3 Å². The molecule has 1 aromatic heterocycles. The molecular weight excluding hydrogens is 208 g/mol. The van der Waals surface area contributed by atoms with Crippen molar-refractivity contribution in [2.24, 2.45) is 11.1 Å². The number of rotatable bonds is 3. The van der Waals surface area contributed by atoms with Gasteiger partial charge in [-0.3, -0.25) is 4.98 Å². The molecule has 0 fully saturated rings. The molecule has 0 unspecified atom stereocenters. The number of nitrogens with two attached hydrogens (primary N) is 1. The van der Waals surface area contributed by atoms with Crippen LogP contribution in [0.25, 0.3) is 10.8 Å². The zero-order chi connectivity index (χ0) is 12.5. The lowest BCUT2D eigenvalue weighted by molar-refractivity contribution is 0.378. The van der Waals surface area contributed by atoms with Crippen molar-refractivity contribution in [3.05, 3.63) is 41.7 Å². The van der Waals surface area contributed by atoms with Crippen LogP contribution in [0.1, 0.15) is 25.0 Å². The first-order valence-electron chi connectivity index (χ1n) is 6.05. The molecule has 17 heavy (non-hydrogen) atoms. The lowest BCUT2D eigenvalue weighted by Gasteiger charge is -2.23. The third kappa shape index (κ3) is 2.64. The largest absolute Gasteiger partial charge is 0.330 e. The van der Waals surface area contributed by atoms with Crippen LogP contribution in [0.2, 0.25) is 0 Å². The summed E-state index contributed by atoms with van der Waals surface area (Å²) in [7, 11) is 0. The minimum Gasteiger partial charge on any atom is -0.330 e. The molecule has 90 valence electrons. The lowest BCUT2D eigenvalue weighted by Crippen LogP contribution is -2.26. The van der Waals surface area contributed by atoms with Gasteiger partial charge in [0.1, 0.15) is 0 Å². The predicted octanol–water partition coefficient (Wildman–Crippen LogP) is 3.07. The highest BCUT2D eigenvalue weighted by molar-refractivity contribution is 5.85. The van der Waals surface area contributed by atoms with Gasteiger partial charge in [-0.2, -0.15) is 0 Å². The molecule has 0 bridgehead atoms. The van der Waals surface area contributed by atoms with Crippen LogP contribution >= 0.6 is 0 Å². The highest BCUT2D eigenvalue weighted by Gasteiger charge is 2.17. The lowest BCUT2D eigenvalue weighted by atomic mass is 9.84. The molecule has 2 rings (SSSR count). The Kier molecular flexibility index (Phi) is 3.16. The van der Waals surface area contributed by atoms with Crippen LogP contribution in [0.15, 0.2) is 30.6 Å². The molecule has 0 aliphatic rings. The summed E-state index contributed by atoms with van der Waals surface area (Å²) in [5.41, 5.74) is 8.63. The minimum absolute atomic E-state index is 0.143. The fourth-order valence-electron chi connectivity index (χ4n) is 2.19. The zero-order valence-corrected chi connectivity index (χ0v) is 10.8. The molecule has 1 aromatic carbocycles. The Labute approximate surface area is 103 Å². The van der Waals surface area contributed by atoms with Gasteiger partial charge < -0.3 is 5.73 Å². The number of nitrogens with zero attached hydrogens (tertiary/aromatic N) is 1. The highest BCUT2D eigenvalue weighted by Crippen LogP contribution is 2.27. The first-order valence-corrected chi connectivity index (χ1v) is 6.05. The number of hydrogen-bond acceptors (Lipinski definition) is 2. The standard InChI is InChI=1S/C15H20N2/c1-11-6-12(8-15(2,3)10-16)14-4-5-17-9-13(14)7-11/h4-7,9H,8,10,16H2,1-3H3. The smallest absolute Gasteiger partial charge is 0.0346 e. The van der Waals surface area contributed by atoms with Crippen molar-refractivity contribution >= 4 is 10.8 Å². The van der Waals surface area contributed by atoms with Gasteiger partial charge in [0.05, 0.1) is 0 Å². The van der Waals surface area contributed by atoms with Crippen molar-refractivity contribution in [1.29, 1.82) is 0 Å². The molecular formula is C15H20N2. The Hall–Kier alpha value is -1.41. The van der Waals surface area contributed by atoms with Gasteiger partial charge in [-0.1, -0.05) is 25.5 Å². The van der Waals surface area contributed by atoms with Gasteiger partial charge in [-0.05, 0) is 48.4 Å². The average molecular weight is 228 g/mol. The van der Waals surface area contributed by atoms with Gasteiger partial charge in [0.15, 0.2) is 0 Å². The average Bonchev–Trinajstić information content (AvgIpc) is 2.28. The summed E-state index contributed by atoms with van der Waals surface area (Å²) in [4.78, 5) is 4.19. The molecule has 2 aromatic rings. The highest BCUT2D eigenvalue weighted by atomic mass is 14.6. The minimum atomic E-state index is 0.143. The molecule has 2 N–H and O–H groups in total. The van der Waals surface area contributed by atoms with E-state index in [0.29, 0.717) is 6.54 Å². The van der Waals surface area contributed by atoms with Crippen molar-refractivity contribution in [3.8, 4) is 0 Å². The Bertz CT molecular complexity index is 529. The molecule has 0 saturated heterocycles. The molecule has 0 spiro atoms. The van der Waals surface area contributed by atoms with Gasteiger partial charge in [-0.25, -0.2) is 0 Å². The fourth-order valence-corrected chi connectivity index (χ4v) is 2.19. The van der Waals surface area contributed by atoms with Crippen LogP contribution < -0.4 is 5.73 Å². The Morgan fingerprint density at radius 2 is 2.06 bits per heavy atom. The van der Waals surface area contributed by atoms with Crippen LogP contribution in [0.3, 0.4) is 0 Å². The first kappa shape index (κ1) is 12.1. The molecule has 1 heterocycles. The molecule has 0 atom stereocenters. The van der Waals surface area contributed by atoms with Crippen molar-refractivity contribution in [2.45, 2.75) is 27.2 Å². The maximum Gasteiger partial charge on any atom is 0.0346 e. The van der Waals surface area contributed by atoms with Crippen LogP contribution in [-0.4, -0.2) is 11.5 Å². The number of benzene rings is 1. The third-order valence-electron chi connectivity index (χ3n) is 3.20. The van der Waals surface area contributed by atoms with Gasteiger partial charge in [-0.15, -0.1) is 0 Å². The van der Waals surface area contributed by atoms with Gasteiger partial charge in [0, 0.05) is 17.8 Å². The predicted molar refractivity (Wildman–Crippen MR) is 73.0 cm³/mol. The molecule has 0 saturated carbocycles. The van der Waals surface area contributed by atoms with E-state index >= 15 is 0 Å².